The van der Waals surface area contributed by atoms with Gasteiger partial charge in [-0.3, -0.25) is 4.57 Å². The molecule has 0 bridgehead atoms. The third kappa shape index (κ3) is 10.0. The Bertz CT molecular complexity index is 3990. The zero-order chi connectivity index (χ0) is 56.7. The number of hydrogen-bond donors (Lipinski definition) is 0. The van der Waals surface area contributed by atoms with Crippen molar-refractivity contribution >= 4 is 44.6 Å². The highest BCUT2D eigenvalue weighted by Crippen LogP contribution is 2.53. The molecule has 2 aromatic heterocycles. The van der Waals surface area contributed by atoms with E-state index >= 15 is 8.78 Å². The molecule has 0 fully saturated rings. The second-order valence-electron chi connectivity index (χ2n) is 25.4. The van der Waals surface area contributed by atoms with Crippen LogP contribution >= 0.6 is 0 Å². The lowest BCUT2D eigenvalue weighted by Crippen LogP contribution is -2.25. The van der Waals surface area contributed by atoms with Gasteiger partial charge in [-0.05, 0) is 139 Å². The molecule has 11 rings (SSSR count). The van der Waals surface area contributed by atoms with E-state index < -0.39 is 22.9 Å². The molecule has 10 aromatic rings. The first-order chi connectivity index (χ1) is 37.9. The normalized spacial score (nSPS) is 13.1. The number of fused-ring (bicyclic) bond motifs is 4. The minimum atomic E-state index is -0.974. The minimum absolute atomic E-state index is 0.0806. The highest BCUT2D eigenvalue weighted by molar-refractivity contribution is 6.09. The average molecular weight is 1070 g/mol. The summed E-state index contributed by atoms with van der Waals surface area (Å²) < 4.78 is 57.8. The first kappa shape index (κ1) is 53.9. The molecule has 0 aliphatic carbocycles. The van der Waals surface area contributed by atoms with Gasteiger partial charge in [-0.1, -0.05) is 163 Å². The highest BCUT2D eigenvalue weighted by atomic mass is 19.1. The number of aromatic nitrogens is 2. The maximum atomic E-state index is 16.7. The van der Waals surface area contributed by atoms with Crippen LogP contribution in [0.2, 0.25) is 0 Å². The number of nitrogens with zero attached hydrogens (tertiary/aromatic N) is 4. The van der Waals surface area contributed by atoms with Crippen molar-refractivity contribution in [3.05, 3.63) is 215 Å². The van der Waals surface area contributed by atoms with Gasteiger partial charge in [-0.2, -0.15) is 0 Å². The first-order valence-corrected chi connectivity index (χ1v) is 28.0. The molecule has 0 radical (unpaired) electrons. The number of rotatable bonds is 10. The standard InChI is InChI=1S/C72H71F3N4O/c1-43(2)45-30-46(44(3)4)32-47(31-45)58-35-50(71(8,9)10)36-59(68-61(74)38-51(73)39-62(68)75)69(58)78-42-77(64-24-18-19-25-65(64)78)52-33-48(55-20-14-16-22-60(55)72(11,12)13)34-54(40-52)80-53-26-27-57-56-21-15-17-23-63(56)79(66(57)41-53)67-37-49(28-29-76-67)70(5,6)7/h14-41,43-44H,42H2,1-13H3. The first-order valence-electron chi connectivity index (χ1n) is 28.0. The molecule has 1 aliphatic heterocycles. The number of pyridine rings is 1. The molecule has 8 heteroatoms. The second kappa shape index (κ2) is 20.2. The van der Waals surface area contributed by atoms with Gasteiger partial charge in [0.2, 0.25) is 0 Å². The molecule has 0 saturated heterocycles. The summed E-state index contributed by atoms with van der Waals surface area (Å²) in [6.07, 6.45) is 1.89. The van der Waals surface area contributed by atoms with Gasteiger partial charge in [0.1, 0.15) is 41.4 Å². The number of halogens is 3. The van der Waals surface area contributed by atoms with Crippen LogP contribution in [0.4, 0.5) is 35.9 Å². The third-order valence-electron chi connectivity index (χ3n) is 15.9. The lowest BCUT2D eigenvalue weighted by molar-refractivity contribution is 0.483. The zero-order valence-electron chi connectivity index (χ0n) is 48.4. The Labute approximate surface area is 470 Å². The van der Waals surface area contributed by atoms with Crippen LogP contribution in [0.3, 0.4) is 0 Å². The summed E-state index contributed by atoms with van der Waals surface area (Å²) in [6, 6.07) is 54.5. The molecule has 8 aromatic carbocycles. The fraction of sp³-hybridized carbons (Fsp3) is 0.264. The lowest BCUT2D eigenvalue weighted by Gasteiger charge is -2.31. The molecule has 406 valence electrons. The fourth-order valence-electron chi connectivity index (χ4n) is 11.4. The summed E-state index contributed by atoms with van der Waals surface area (Å²) >= 11 is 0. The van der Waals surface area contributed by atoms with E-state index in [0.717, 1.165) is 95.8 Å². The largest absolute Gasteiger partial charge is 0.457 e. The van der Waals surface area contributed by atoms with Crippen LogP contribution in [0.1, 0.15) is 130 Å². The molecule has 0 atom stereocenters. The summed E-state index contributed by atoms with van der Waals surface area (Å²) in [5.41, 5.74) is 14.0. The van der Waals surface area contributed by atoms with Crippen molar-refractivity contribution in [3.63, 3.8) is 0 Å². The van der Waals surface area contributed by atoms with Crippen LogP contribution in [0.15, 0.2) is 170 Å². The van der Waals surface area contributed by atoms with E-state index in [0.29, 0.717) is 22.7 Å². The quantitative estimate of drug-likeness (QED) is 0.137. The second-order valence-corrected chi connectivity index (χ2v) is 25.4. The molecule has 80 heavy (non-hydrogen) atoms. The third-order valence-corrected chi connectivity index (χ3v) is 15.9. The summed E-state index contributed by atoms with van der Waals surface area (Å²) in [5, 5.41) is 2.21. The van der Waals surface area contributed by atoms with Gasteiger partial charge < -0.3 is 14.5 Å². The Balaban J connectivity index is 1.13. The van der Waals surface area contributed by atoms with Crippen LogP contribution in [-0.4, -0.2) is 16.2 Å². The number of hydrogen-bond acceptors (Lipinski definition) is 4. The molecular formula is C72H71F3N4O. The van der Waals surface area contributed by atoms with Crippen molar-refractivity contribution in [1.82, 2.24) is 9.55 Å². The SMILES string of the molecule is CC(C)c1cc(-c2cc(C(C)(C)C)cc(-c3c(F)cc(F)cc3F)c2N2CN(c3cc(Oc4ccc5c6ccccc6n(-c6cc(C(C)(C)C)ccn6)c5c4)cc(-c4ccccc4C(C)(C)C)c3)c3ccccc32)cc(C(C)C)c1. The number of anilines is 4. The zero-order valence-corrected chi connectivity index (χ0v) is 48.4. The maximum absolute atomic E-state index is 16.7. The van der Waals surface area contributed by atoms with E-state index in [1.165, 1.54) is 11.1 Å². The van der Waals surface area contributed by atoms with Gasteiger partial charge in [-0.15, -0.1) is 0 Å². The molecule has 0 unspecified atom stereocenters. The van der Waals surface area contributed by atoms with Crippen molar-refractivity contribution in [3.8, 4) is 50.7 Å². The van der Waals surface area contributed by atoms with Gasteiger partial charge in [0.25, 0.3) is 0 Å². The Hall–Kier alpha value is -8.10. The molecule has 3 heterocycles. The smallest absolute Gasteiger partial charge is 0.137 e. The van der Waals surface area contributed by atoms with Crippen LogP contribution in [0, 0.1) is 17.5 Å². The molecule has 0 saturated carbocycles. The summed E-state index contributed by atoms with van der Waals surface area (Å²) in [4.78, 5) is 9.37. The topological polar surface area (TPSA) is 33.5 Å². The predicted molar refractivity (Wildman–Crippen MR) is 328 cm³/mol. The number of benzene rings is 8. The van der Waals surface area contributed by atoms with Crippen molar-refractivity contribution in [1.29, 1.82) is 0 Å². The molecule has 0 spiro atoms. The predicted octanol–water partition coefficient (Wildman–Crippen LogP) is 20.8. The van der Waals surface area contributed by atoms with E-state index in [2.05, 4.69) is 232 Å². The minimum Gasteiger partial charge on any atom is -0.457 e. The Morgan fingerprint density at radius 2 is 1.09 bits per heavy atom. The van der Waals surface area contributed by atoms with Crippen LogP contribution in [-0.2, 0) is 16.2 Å². The van der Waals surface area contributed by atoms with Gasteiger partial charge in [0.05, 0.1) is 33.7 Å². The van der Waals surface area contributed by atoms with Crippen LogP contribution in [0.25, 0.3) is 61.0 Å². The van der Waals surface area contributed by atoms with E-state index in [1.54, 1.807) is 0 Å². The summed E-state index contributed by atoms with van der Waals surface area (Å²) in [7, 11) is 0. The van der Waals surface area contributed by atoms with E-state index in [4.69, 9.17) is 9.72 Å². The van der Waals surface area contributed by atoms with Crippen molar-refractivity contribution in [2.24, 2.45) is 0 Å². The van der Waals surface area contributed by atoms with Gasteiger partial charge in [-0.25, -0.2) is 18.2 Å². The van der Waals surface area contributed by atoms with E-state index in [9.17, 15) is 4.39 Å². The highest BCUT2D eigenvalue weighted by Gasteiger charge is 2.35. The van der Waals surface area contributed by atoms with Gasteiger partial charge in [0.15, 0.2) is 0 Å². The fourth-order valence-corrected chi connectivity index (χ4v) is 11.4. The number of para-hydroxylation sites is 3. The Morgan fingerprint density at radius 3 is 1.75 bits per heavy atom. The van der Waals surface area contributed by atoms with Gasteiger partial charge in [0, 0.05) is 58.0 Å². The maximum Gasteiger partial charge on any atom is 0.137 e. The lowest BCUT2D eigenvalue weighted by atomic mass is 9.81. The average Bonchev–Trinajstić information content (AvgIpc) is 4.18. The Kier molecular flexibility index (Phi) is 13.6. The summed E-state index contributed by atoms with van der Waals surface area (Å²) in [6.45, 7) is 28.7. The molecule has 0 N–H and O–H groups in total. The van der Waals surface area contributed by atoms with E-state index in [-0.39, 0.29) is 34.9 Å². The van der Waals surface area contributed by atoms with Crippen LogP contribution < -0.4 is 14.5 Å². The molecule has 0 amide bonds. The van der Waals surface area contributed by atoms with Crippen molar-refractivity contribution in [2.45, 2.75) is 118 Å². The van der Waals surface area contributed by atoms with Crippen molar-refractivity contribution < 1.29 is 17.9 Å². The monoisotopic (exact) mass is 1060 g/mol. The Morgan fingerprint density at radius 1 is 0.487 bits per heavy atom. The molecule has 1 aliphatic rings. The molecular weight excluding hydrogens is 994 g/mol. The number of ether oxygens (including phenoxy) is 1. The molecule has 5 nitrogen and oxygen atoms in total. The van der Waals surface area contributed by atoms with E-state index in [1.807, 2.05) is 30.5 Å². The van der Waals surface area contributed by atoms with Crippen molar-refractivity contribution in [2.75, 3.05) is 16.5 Å². The van der Waals surface area contributed by atoms with Gasteiger partial charge >= 0.3 is 0 Å². The van der Waals surface area contributed by atoms with Crippen LogP contribution in [0.5, 0.6) is 11.5 Å². The summed E-state index contributed by atoms with van der Waals surface area (Å²) in [5.74, 6) is -0.380.